The minimum atomic E-state index is -0.762. The molecular formula is C13H23NO3. The van der Waals surface area contributed by atoms with E-state index in [4.69, 9.17) is 0 Å². The second-order valence-corrected chi connectivity index (χ2v) is 4.61. The minimum Gasteiger partial charge on any atom is -0.459 e. The maximum atomic E-state index is 11.6. The Balaban J connectivity index is 2.45. The van der Waals surface area contributed by atoms with Gasteiger partial charge in [0.2, 0.25) is 0 Å². The fraction of sp³-hybridized carbons (Fsp3) is 0.846. The first-order valence-corrected chi connectivity index (χ1v) is 6.66. The van der Waals surface area contributed by atoms with Crippen molar-refractivity contribution >= 4 is 11.9 Å². The highest BCUT2D eigenvalue weighted by molar-refractivity contribution is 6.32. The van der Waals surface area contributed by atoms with Gasteiger partial charge in [-0.25, -0.2) is 4.79 Å². The third kappa shape index (κ3) is 4.36. The van der Waals surface area contributed by atoms with Crippen molar-refractivity contribution in [2.45, 2.75) is 58.4 Å². The molecule has 0 aromatic rings. The van der Waals surface area contributed by atoms with Crippen LogP contribution in [0.3, 0.4) is 0 Å². The molecule has 0 aromatic carbocycles. The predicted molar refractivity (Wildman–Crippen MR) is 65.4 cm³/mol. The summed E-state index contributed by atoms with van der Waals surface area (Å²) in [6.07, 6.45) is 6.94. The first kappa shape index (κ1) is 14.0. The Labute approximate surface area is 103 Å². The van der Waals surface area contributed by atoms with Gasteiger partial charge < -0.3 is 10.1 Å². The molecule has 1 atom stereocenters. The molecule has 0 aliphatic heterocycles. The monoisotopic (exact) mass is 241 g/mol. The van der Waals surface area contributed by atoms with E-state index in [1.807, 2.05) is 6.92 Å². The summed E-state index contributed by atoms with van der Waals surface area (Å²) in [5.74, 6) is -0.835. The molecule has 1 unspecified atom stereocenters. The number of ether oxygens (including phenoxy) is 1. The molecule has 1 N–H and O–H groups in total. The van der Waals surface area contributed by atoms with Crippen LogP contribution in [-0.2, 0) is 14.3 Å². The number of amides is 1. The van der Waals surface area contributed by atoms with Gasteiger partial charge >= 0.3 is 11.9 Å². The molecule has 1 aliphatic carbocycles. The van der Waals surface area contributed by atoms with Gasteiger partial charge in [-0.15, -0.1) is 0 Å². The maximum absolute atomic E-state index is 11.6. The van der Waals surface area contributed by atoms with Gasteiger partial charge in [0, 0.05) is 6.04 Å². The summed E-state index contributed by atoms with van der Waals surface area (Å²) in [6.45, 7) is 3.99. The largest absolute Gasteiger partial charge is 0.459 e. The molecule has 1 aliphatic rings. The lowest BCUT2D eigenvalue weighted by molar-refractivity contribution is -0.155. The van der Waals surface area contributed by atoms with E-state index >= 15 is 0 Å². The Hall–Kier alpha value is -1.06. The third-order valence-corrected chi connectivity index (χ3v) is 3.44. The van der Waals surface area contributed by atoms with Gasteiger partial charge in [-0.2, -0.15) is 0 Å². The van der Waals surface area contributed by atoms with E-state index in [2.05, 4.69) is 10.1 Å². The number of hydrogen-bond donors (Lipinski definition) is 1. The van der Waals surface area contributed by atoms with Crippen molar-refractivity contribution in [3.63, 3.8) is 0 Å². The molecule has 1 saturated carbocycles. The molecule has 0 heterocycles. The van der Waals surface area contributed by atoms with Crippen LogP contribution < -0.4 is 5.32 Å². The van der Waals surface area contributed by atoms with Crippen molar-refractivity contribution in [2.75, 3.05) is 6.61 Å². The van der Waals surface area contributed by atoms with Crippen LogP contribution in [0.5, 0.6) is 0 Å². The zero-order valence-electron chi connectivity index (χ0n) is 10.8. The van der Waals surface area contributed by atoms with Crippen molar-refractivity contribution in [1.29, 1.82) is 0 Å². The van der Waals surface area contributed by atoms with Crippen LogP contribution in [0.25, 0.3) is 0 Å². The third-order valence-electron chi connectivity index (χ3n) is 3.44. The predicted octanol–water partition coefficient (Wildman–Crippen LogP) is 2.02. The average Bonchev–Trinajstić information content (AvgIpc) is 2.37. The van der Waals surface area contributed by atoms with Gasteiger partial charge in [-0.1, -0.05) is 26.2 Å². The van der Waals surface area contributed by atoms with Crippen molar-refractivity contribution in [1.82, 2.24) is 5.32 Å². The van der Waals surface area contributed by atoms with Crippen LogP contribution in [0.4, 0.5) is 0 Å². The van der Waals surface area contributed by atoms with Crippen LogP contribution in [0, 0.1) is 5.92 Å². The summed E-state index contributed by atoms with van der Waals surface area (Å²) in [7, 11) is 0. The molecule has 0 aromatic heterocycles. The average molecular weight is 241 g/mol. The fourth-order valence-corrected chi connectivity index (χ4v) is 2.51. The highest BCUT2D eigenvalue weighted by Gasteiger charge is 2.26. The van der Waals surface area contributed by atoms with E-state index in [0.717, 1.165) is 19.3 Å². The summed E-state index contributed by atoms with van der Waals surface area (Å²) >= 11 is 0. The highest BCUT2D eigenvalue weighted by atomic mass is 16.5. The van der Waals surface area contributed by atoms with Crippen molar-refractivity contribution in [3.8, 4) is 0 Å². The van der Waals surface area contributed by atoms with Crippen LogP contribution in [0.15, 0.2) is 0 Å². The molecule has 17 heavy (non-hydrogen) atoms. The second kappa shape index (κ2) is 7.30. The molecule has 1 fully saturated rings. The number of nitrogens with one attached hydrogen (secondary N) is 1. The van der Waals surface area contributed by atoms with Crippen molar-refractivity contribution in [3.05, 3.63) is 0 Å². The fourth-order valence-electron chi connectivity index (χ4n) is 2.51. The van der Waals surface area contributed by atoms with Gasteiger partial charge in [-0.3, -0.25) is 4.79 Å². The minimum absolute atomic E-state index is 0.118. The van der Waals surface area contributed by atoms with Crippen LogP contribution >= 0.6 is 0 Å². The van der Waals surface area contributed by atoms with E-state index in [-0.39, 0.29) is 12.6 Å². The van der Waals surface area contributed by atoms with E-state index < -0.39 is 11.9 Å². The Kier molecular flexibility index (Phi) is 6.01. The summed E-state index contributed by atoms with van der Waals surface area (Å²) in [6, 6.07) is 0.118. The second-order valence-electron chi connectivity index (χ2n) is 4.61. The van der Waals surface area contributed by atoms with Gasteiger partial charge in [0.15, 0.2) is 0 Å². The number of carbonyl (C=O) groups is 2. The summed E-state index contributed by atoms with van der Waals surface area (Å²) in [4.78, 5) is 22.8. The molecule has 98 valence electrons. The molecule has 0 spiro atoms. The van der Waals surface area contributed by atoms with Gasteiger partial charge in [0.1, 0.15) is 0 Å². The smallest absolute Gasteiger partial charge is 0.396 e. The lowest BCUT2D eigenvalue weighted by atomic mass is 9.83. The van der Waals surface area contributed by atoms with Crippen molar-refractivity contribution < 1.29 is 14.3 Å². The number of carbonyl (C=O) groups excluding carboxylic acids is 2. The Morgan fingerprint density at radius 2 is 1.88 bits per heavy atom. The van der Waals surface area contributed by atoms with Gasteiger partial charge in [-0.05, 0) is 32.1 Å². The number of rotatable bonds is 4. The summed E-state index contributed by atoms with van der Waals surface area (Å²) < 4.78 is 4.69. The SMILES string of the molecule is CCOC(=O)C(=O)NC(CC)C1CCCCC1. The molecule has 4 nitrogen and oxygen atoms in total. The quantitative estimate of drug-likeness (QED) is 0.605. The van der Waals surface area contributed by atoms with E-state index in [0.29, 0.717) is 5.92 Å². The lowest BCUT2D eigenvalue weighted by Gasteiger charge is -2.29. The van der Waals surface area contributed by atoms with Crippen molar-refractivity contribution in [2.24, 2.45) is 5.92 Å². The Morgan fingerprint density at radius 3 is 2.41 bits per heavy atom. The standard InChI is InChI=1S/C13H23NO3/c1-3-11(10-8-6-5-7-9-10)14-12(15)13(16)17-4-2/h10-11H,3-9H2,1-2H3,(H,14,15). The van der Waals surface area contributed by atoms with Crippen LogP contribution in [0.2, 0.25) is 0 Å². The molecule has 1 rings (SSSR count). The lowest BCUT2D eigenvalue weighted by Crippen LogP contribution is -2.44. The first-order chi connectivity index (χ1) is 8.19. The summed E-state index contributed by atoms with van der Waals surface area (Å²) in [5.41, 5.74) is 0. The molecule has 4 heteroatoms. The number of hydrogen-bond acceptors (Lipinski definition) is 3. The molecular weight excluding hydrogens is 218 g/mol. The first-order valence-electron chi connectivity index (χ1n) is 6.66. The van der Waals surface area contributed by atoms with E-state index in [1.165, 1.54) is 19.3 Å². The Bertz CT molecular complexity index is 259. The summed E-state index contributed by atoms with van der Waals surface area (Å²) in [5, 5.41) is 2.81. The maximum Gasteiger partial charge on any atom is 0.396 e. The topological polar surface area (TPSA) is 55.4 Å². The molecule has 0 saturated heterocycles. The number of esters is 1. The van der Waals surface area contributed by atoms with Gasteiger partial charge in [0.05, 0.1) is 6.61 Å². The van der Waals surface area contributed by atoms with Crippen LogP contribution in [0.1, 0.15) is 52.4 Å². The molecule has 0 bridgehead atoms. The van der Waals surface area contributed by atoms with Crippen LogP contribution in [-0.4, -0.2) is 24.5 Å². The molecule has 1 amide bonds. The Morgan fingerprint density at radius 1 is 1.24 bits per heavy atom. The zero-order valence-corrected chi connectivity index (χ0v) is 10.8. The van der Waals surface area contributed by atoms with Gasteiger partial charge in [0.25, 0.3) is 0 Å². The normalized spacial score (nSPS) is 18.5. The molecule has 0 radical (unpaired) electrons. The van der Waals surface area contributed by atoms with E-state index in [1.54, 1.807) is 6.92 Å². The van der Waals surface area contributed by atoms with E-state index in [9.17, 15) is 9.59 Å². The zero-order chi connectivity index (χ0) is 12.7. The highest BCUT2D eigenvalue weighted by Crippen LogP contribution is 2.27.